The number of nitrogens with zero attached hydrogens (tertiary/aromatic N) is 2. The number of imidazole rings is 1. The van der Waals surface area contributed by atoms with E-state index in [-0.39, 0.29) is 5.54 Å². The fraction of sp³-hybridized carbons (Fsp3) is 0.478. The average molecular weight is 376 g/mol. The zero-order valence-corrected chi connectivity index (χ0v) is 16.3. The molecule has 2 aromatic heterocycles. The number of nitrogens with one attached hydrogen (secondary N) is 2. The van der Waals surface area contributed by atoms with E-state index < -0.39 is 0 Å². The molecular formula is C23H29N5. The molecule has 0 spiro atoms. The second-order valence-electron chi connectivity index (χ2n) is 8.67. The topological polar surface area (TPSA) is 79.6 Å². The van der Waals surface area contributed by atoms with E-state index in [1.165, 1.54) is 24.1 Å². The molecule has 0 radical (unpaired) electrons. The fourth-order valence-corrected chi connectivity index (χ4v) is 5.02. The van der Waals surface area contributed by atoms with Crippen LogP contribution in [0.25, 0.3) is 11.0 Å². The Balaban J connectivity index is 1.21. The maximum absolute atomic E-state index is 6.78. The number of aromatic amines is 1. The Morgan fingerprint density at radius 3 is 2.82 bits per heavy atom. The Morgan fingerprint density at radius 1 is 1.11 bits per heavy atom. The third-order valence-corrected chi connectivity index (χ3v) is 6.57. The Bertz CT molecular complexity index is 921. The Morgan fingerprint density at radius 2 is 1.96 bits per heavy atom. The van der Waals surface area contributed by atoms with Gasteiger partial charge in [0.15, 0.2) is 0 Å². The van der Waals surface area contributed by atoms with Gasteiger partial charge in [0.25, 0.3) is 0 Å². The minimum Gasteiger partial charge on any atom is -0.342 e. The molecule has 0 saturated heterocycles. The summed E-state index contributed by atoms with van der Waals surface area (Å²) in [5.74, 6) is 1.01. The molecule has 2 aliphatic carbocycles. The van der Waals surface area contributed by atoms with Gasteiger partial charge in [0, 0.05) is 30.2 Å². The van der Waals surface area contributed by atoms with Crippen molar-refractivity contribution >= 4 is 11.0 Å². The van der Waals surface area contributed by atoms with Gasteiger partial charge in [0.05, 0.1) is 16.7 Å². The van der Waals surface area contributed by atoms with Crippen molar-refractivity contribution in [1.29, 1.82) is 0 Å². The van der Waals surface area contributed by atoms with Gasteiger partial charge in [0.1, 0.15) is 5.82 Å². The Hall–Kier alpha value is -2.24. The molecule has 2 aliphatic rings. The first-order chi connectivity index (χ1) is 13.7. The van der Waals surface area contributed by atoms with Crippen molar-refractivity contribution in [3.05, 3.63) is 59.7 Å². The second kappa shape index (κ2) is 7.30. The predicted molar refractivity (Wildman–Crippen MR) is 112 cm³/mol. The lowest BCUT2D eigenvalue weighted by Gasteiger charge is -2.39. The molecule has 1 unspecified atom stereocenters. The van der Waals surface area contributed by atoms with E-state index in [1.54, 1.807) is 0 Å². The number of hydrogen-bond acceptors (Lipinski definition) is 4. The monoisotopic (exact) mass is 375 g/mol. The minimum atomic E-state index is -0.158. The van der Waals surface area contributed by atoms with Crippen molar-refractivity contribution in [2.45, 2.75) is 69.0 Å². The average Bonchev–Trinajstić information content (AvgIpc) is 3.12. The zero-order chi connectivity index (χ0) is 19.0. The lowest BCUT2D eigenvalue weighted by atomic mass is 9.77. The summed E-state index contributed by atoms with van der Waals surface area (Å²) in [6.07, 6.45) is 10.6. The van der Waals surface area contributed by atoms with Gasteiger partial charge in [-0.15, -0.1) is 0 Å². The standard InChI is InChI=1S/C23H29N5/c24-23(15-21-27-18-7-1-2-8-19(18)28-21)12-10-17(11-13-23)26-20-9-3-5-16-6-4-14-25-22(16)20/h1-2,4,6-8,14,17,20,26H,3,5,9-13,15,24H2,(H,27,28)/t17-,20?,23+. The van der Waals surface area contributed by atoms with E-state index in [9.17, 15) is 0 Å². The fourth-order valence-electron chi connectivity index (χ4n) is 5.02. The maximum Gasteiger partial charge on any atom is 0.109 e. The first kappa shape index (κ1) is 17.8. The van der Waals surface area contributed by atoms with Gasteiger partial charge in [-0.05, 0) is 68.7 Å². The Labute approximate surface area is 166 Å². The summed E-state index contributed by atoms with van der Waals surface area (Å²) >= 11 is 0. The van der Waals surface area contributed by atoms with Gasteiger partial charge in [-0.2, -0.15) is 0 Å². The van der Waals surface area contributed by atoms with Crippen LogP contribution in [0.15, 0.2) is 42.6 Å². The first-order valence-electron chi connectivity index (χ1n) is 10.6. The van der Waals surface area contributed by atoms with Crippen LogP contribution < -0.4 is 11.1 Å². The van der Waals surface area contributed by atoms with Crippen molar-refractivity contribution in [1.82, 2.24) is 20.3 Å². The normalized spacial score (nSPS) is 27.6. The molecule has 0 amide bonds. The van der Waals surface area contributed by atoms with E-state index in [0.717, 1.165) is 55.4 Å². The molecule has 5 rings (SSSR count). The summed E-state index contributed by atoms with van der Waals surface area (Å²) in [6, 6.07) is 13.4. The first-order valence-corrected chi connectivity index (χ1v) is 10.6. The quantitative estimate of drug-likeness (QED) is 0.648. The largest absolute Gasteiger partial charge is 0.342 e. The second-order valence-corrected chi connectivity index (χ2v) is 8.67. The van der Waals surface area contributed by atoms with Crippen LogP contribution in [-0.2, 0) is 12.8 Å². The number of hydrogen-bond donors (Lipinski definition) is 3. The number of pyridine rings is 1. The maximum atomic E-state index is 6.78. The van der Waals surface area contributed by atoms with Crippen LogP contribution in [0, 0.1) is 0 Å². The summed E-state index contributed by atoms with van der Waals surface area (Å²) in [5.41, 5.74) is 11.4. The molecule has 5 nitrogen and oxygen atoms in total. The summed E-state index contributed by atoms with van der Waals surface area (Å²) < 4.78 is 0. The number of aromatic nitrogens is 3. The SMILES string of the molecule is N[C@]1(Cc2nc3ccccc3[nH]2)CC[C@H](NC2CCCc3cccnc32)CC1. The van der Waals surface area contributed by atoms with Gasteiger partial charge in [0.2, 0.25) is 0 Å². The summed E-state index contributed by atoms with van der Waals surface area (Å²) in [5, 5.41) is 3.90. The van der Waals surface area contributed by atoms with Gasteiger partial charge in [-0.25, -0.2) is 4.98 Å². The van der Waals surface area contributed by atoms with E-state index >= 15 is 0 Å². The third-order valence-electron chi connectivity index (χ3n) is 6.57. The molecule has 1 fully saturated rings. The number of H-pyrrole nitrogens is 1. The van der Waals surface area contributed by atoms with Crippen LogP contribution in [-0.4, -0.2) is 26.5 Å². The molecule has 28 heavy (non-hydrogen) atoms. The van der Waals surface area contributed by atoms with Crippen LogP contribution in [0.2, 0.25) is 0 Å². The van der Waals surface area contributed by atoms with Crippen molar-refractivity contribution in [2.24, 2.45) is 5.73 Å². The van der Waals surface area contributed by atoms with Crippen LogP contribution in [0.4, 0.5) is 0 Å². The molecular weight excluding hydrogens is 346 g/mol. The number of benzene rings is 1. The molecule has 0 aliphatic heterocycles. The predicted octanol–water partition coefficient (Wildman–Crippen LogP) is 3.81. The van der Waals surface area contributed by atoms with Gasteiger partial charge in [-0.1, -0.05) is 18.2 Å². The lowest BCUT2D eigenvalue weighted by Crippen LogP contribution is -2.49. The molecule has 4 N–H and O–H groups in total. The van der Waals surface area contributed by atoms with E-state index in [4.69, 9.17) is 10.7 Å². The van der Waals surface area contributed by atoms with Crippen LogP contribution in [0.1, 0.15) is 61.6 Å². The number of fused-ring (bicyclic) bond motifs is 2. The van der Waals surface area contributed by atoms with Crippen LogP contribution >= 0.6 is 0 Å². The molecule has 146 valence electrons. The van der Waals surface area contributed by atoms with E-state index in [0.29, 0.717) is 12.1 Å². The van der Waals surface area contributed by atoms with Crippen molar-refractivity contribution in [3.63, 3.8) is 0 Å². The highest BCUT2D eigenvalue weighted by atomic mass is 15.0. The van der Waals surface area contributed by atoms with Crippen molar-refractivity contribution in [3.8, 4) is 0 Å². The molecule has 5 heteroatoms. The highest BCUT2D eigenvalue weighted by Gasteiger charge is 2.34. The molecule has 1 saturated carbocycles. The smallest absolute Gasteiger partial charge is 0.109 e. The molecule has 1 atom stereocenters. The molecule has 0 bridgehead atoms. The zero-order valence-electron chi connectivity index (χ0n) is 16.3. The van der Waals surface area contributed by atoms with Crippen molar-refractivity contribution in [2.75, 3.05) is 0 Å². The van der Waals surface area contributed by atoms with Crippen LogP contribution in [0.5, 0.6) is 0 Å². The number of para-hydroxylation sites is 2. The van der Waals surface area contributed by atoms with Gasteiger partial charge in [-0.3, -0.25) is 4.98 Å². The summed E-state index contributed by atoms with van der Waals surface area (Å²) in [7, 11) is 0. The van der Waals surface area contributed by atoms with Gasteiger partial charge < -0.3 is 16.0 Å². The van der Waals surface area contributed by atoms with Crippen LogP contribution in [0.3, 0.4) is 0 Å². The lowest BCUT2D eigenvalue weighted by molar-refractivity contribution is 0.228. The number of aryl methyl sites for hydroxylation is 1. The summed E-state index contributed by atoms with van der Waals surface area (Å²) in [6.45, 7) is 0. The summed E-state index contributed by atoms with van der Waals surface area (Å²) in [4.78, 5) is 12.8. The van der Waals surface area contributed by atoms with Crippen molar-refractivity contribution < 1.29 is 0 Å². The molecule has 2 heterocycles. The number of rotatable bonds is 4. The Kier molecular flexibility index (Phi) is 4.65. The van der Waals surface area contributed by atoms with E-state index in [2.05, 4.69) is 39.6 Å². The highest BCUT2D eigenvalue weighted by Crippen LogP contribution is 2.33. The minimum absolute atomic E-state index is 0.158. The highest BCUT2D eigenvalue weighted by molar-refractivity contribution is 5.74. The molecule has 1 aromatic carbocycles. The van der Waals surface area contributed by atoms with E-state index in [1.807, 2.05) is 18.3 Å². The molecule has 3 aromatic rings. The number of nitrogens with two attached hydrogens (primary N) is 1. The third kappa shape index (κ3) is 3.56. The van der Waals surface area contributed by atoms with Gasteiger partial charge >= 0.3 is 0 Å².